The third-order valence-electron chi connectivity index (χ3n) is 10.6. The second kappa shape index (κ2) is 11.7. The highest BCUT2D eigenvalue weighted by molar-refractivity contribution is 7.25. The first kappa shape index (κ1) is 29.7. The molecule has 2 aromatic heterocycles. The average molecular weight is 669 g/mol. The lowest BCUT2D eigenvalue weighted by Crippen LogP contribution is -2.22. The molecule has 0 saturated carbocycles. The van der Waals surface area contributed by atoms with E-state index in [4.69, 9.17) is 9.97 Å². The Morgan fingerprint density at radius 1 is 0.451 bits per heavy atom. The van der Waals surface area contributed by atoms with E-state index in [1.807, 2.05) is 17.4 Å². The number of hydrogen-bond donors (Lipinski definition) is 0. The van der Waals surface area contributed by atoms with Crippen molar-refractivity contribution in [3.8, 4) is 56.2 Å². The van der Waals surface area contributed by atoms with Gasteiger partial charge in [-0.2, -0.15) is 0 Å². The Hall–Kier alpha value is -6.16. The Balaban J connectivity index is 1.22. The summed E-state index contributed by atoms with van der Waals surface area (Å²) in [5.41, 5.74) is 13.6. The fraction of sp³-hybridized carbons (Fsp3) is 0.0417. The van der Waals surface area contributed by atoms with Crippen molar-refractivity contribution in [1.29, 1.82) is 0 Å². The molecular formula is C48H32N2S. The van der Waals surface area contributed by atoms with E-state index in [1.165, 1.54) is 53.6 Å². The quantitative estimate of drug-likeness (QED) is 0.182. The zero-order valence-corrected chi connectivity index (χ0v) is 28.9. The highest BCUT2D eigenvalue weighted by Gasteiger charge is 2.41. The van der Waals surface area contributed by atoms with Gasteiger partial charge >= 0.3 is 0 Å². The van der Waals surface area contributed by atoms with E-state index in [0.717, 1.165) is 39.5 Å². The van der Waals surface area contributed by atoms with Crippen LogP contribution >= 0.6 is 11.3 Å². The zero-order chi connectivity index (χ0) is 33.9. The van der Waals surface area contributed by atoms with Crippen LogP contribution in [0.15, 0.2) is 176 Å². The molecule has 0 fully saturated rings. The first-order chi connectivity index (χ1) is 25.2. The second-order valence-corrected chi connectivity index (χ2v) is 14.5. The van der Waals surface area contributed by atoms with E-state index in [-0.39, 0.29) is 5.41 Å². The zero-order valence-electron chi connectivity index (χ0n) is 28.0. The maximum Gasteiger partial charge on any atom is 0.160 e. The molecule has 3 heteroatoms. The van der Waals surface area contributed by atoms with Crippen molar-refractivity contribution in [2.45, 2.75) is 12.3 Å². The molecule has 1 aliphatic rings. The van der Waals surface area contributed by atoms with E-state index in [1.54, 1.807) is 0 Å². The van der Waals surface area contributed by atoms with Crippen LogP contribution in [0.3, 0.4) is 0 Å². The molecule has 240 valence electrons. The van der Waals surface area contributed by atoms with Crippen molar-refractivity contribution in [3.05, 3.63) is 193 Å². The minimum atomic E-state index is -0.275. The van der Waals surface area contributed by atoms with E-state index >= 15 is 0 Å². The molecule has 1 aliphatic carbocycles. The molecule has 0 aliphatic heterocycles. The highest BCUT2D eigenvalue weighted by atomic mass is 32.1. The van der Waals surface area contributed by atoms with Gasteiger partial charge in [-0.3, -0.25) is 0 Å². The van der Waals surface area contributed by atoms with E-state index < -0.39 is 0 Å². The van der Waals surface area contributed by atoms with Crippen LogP contribution in [0.4, 0.5) is 0 Å². The fourth-order valence-electron chi connectivity index (χ4n) is 8.22. The Kier molecular flexibility index (Phi) is 6.83. The van der Waals surface area contributed by atoms with Crippen LogP contribution in [-0.4, -0.2) is 9.97 Å². The average Bonchev–Trinajstić information content (AvgIpc) is 3.72. The van der Waals surface area contributed by atoms with Gasteiger partial charge in [-0.1, -0.05) is 158 Å². The highest BCUT2D eigenvalue weighted by Crippen LogP contribution is 2.55. The SMILES string of the molecule is CC1(c2ccccc2)c2ccccc2-c2c(-c3ccccc3-c3cc(-c4cccc5sc6ccccc6c45)nc(-c4ccccc4)n3)cccc21. The summed E-state index contributed by atoms with van der Waals surface area (Å²) in [4.78, 5) is 10.6. The van der Waals surface area contributed by atoms with Gasteiger partial charge in [0, 0.05) is 42.3 Å². The second-order valence-electron chi connectivity index (χ2n) is 13.4. The molecular weight excluding hydrogens is 637 g/mol. The molecule has 0 radical (unpaired) electrons. The van der Waals surface area contributed by atoms with Crippen molar-refractivity contribution in [2.24, 2.45) is 0 Å². The Labute approximate surface area is 301 Å². The van der Waals surface area contributed by atoms with Crippen molar-refractivity contribution in [2.75, 3.05) is 0 Å². The smallest absolute Gasteiger partial charge is 0.160 e. The molecule has 0 spiro atoms. The topological polar surface area (TPSA) is 25.8 Å². The number of aromatic nitrogens is 2. The van der Waals surface area contributed by atoms with E-state index in [9.17, 15) is 0 Å². The van der Waals surface area contributed by atoms with Gasteiger partial charge in [0.05, 0.1) is 11.4 Å². The van der Waals surface area contributed by atoms with Crippen LogP contribution in [0.2, 0.25) is 0 Å². The first-order valence-electron chi connectivity index (χ1n) is 17.4. The monoisotopic (exact) mass is 668 g/mol. The van der Waals surface area contributed by atoms with Crippen molar-refractivity contribution in [3.63, 3.8) is 0 Å². The largest absolute Gasteiger partial charge is 0.228 e. The lowest BCUT2D eigenvalue weighted by Gasteiger charge is -2.28. The molecule has 0 saturated heterocycles. The summed E-state index contributed by atoms with van der Waals surface area (Å²) in [6.07, 6.45) is 0. The summed E-state index contributed by atoms with van der Waals surface area (Å²) >= 11 is 1.83. The molecule has 10 rings (SSSR count). The number of hydrogen-bond acceptors (Lipinski definition) is 3. The summed E-state index contributed by atoms with van der Waals surface area (Å²) in [5.74, 6) is 0.717. The third-order valence-corrected chi connectivity index (χ3v) is 11.8. The third kappa shape index (κ3) is 4.62. The van der Waals surface area contributed by atoms with Crippen LogP contribution in [0.25, 0.3) is 76.3 Å². The first-order valence-corrected chi connectivity index (χ1v) is 18.2. The Morgan fingerprint density at radius 2 is 1.02 bits per heavy atom. The van der Waals surface area contributed by atoms with E-state index in [2.05, 4.69) is 177 Å². The van der Waals surface area contributed by atoms with Crippen LogP contribution in [0.1, 0.15) is 23.6 Å². The summed E-state index contributed by atoms with van der Waals surface area (Å²) in [6, 6.07) is 63.2. The van der Waals surface area contributed by atoms with Crippen LogP contribution in [0, 0.1) is 0 Å². The van der Waals surface area contributed by atoms with Gasteiger partial charge in [-0.25, -0.2) is 9.97 Å². The standard InChI is InChI=1S/C48H32N2S/c1-48(32-18-6-3-7-19-32)39-26-12-10-22-36(39)45-35(24-14-27-40(45)48)33-20-8-9-21-34(33)41-30-42(50-47(49-41)31-16-4-2-5-17-31)37-25-15-29-44-46(37)38-23-11-13-28-43(38)51-44/h2-30H,1H3. The number of benzene rings is 7. The van der Waals surface area contributed by atoms with Crippen molar-refractivity contribution < 1.29 is 0 Å². The molecule has 7 aromatic carbocycles. The lowest BCUT2D eigenvalue weighted by molar-refractivity contribution is 0.714. The molecule has 1 unspecified atom stereocenters. The van der Waals surface area contributed by atoms with Gasteiger partial charge in [-0.15, -0.1) is 11.3 Å². The van der Waals surface area contributed by atoms with Crippen LogP contribution < -0.4 is 0 Å². The van der Waals surface area contributed by atoms with Crippen LogP contribution in [0.5, 0.6) is 0 Å². The molecule has 0 bridgehead atoms. The fourth-order valence-corrected chi connectivity index (χ4v) is 9.35. The molecule has 2 nitrogen and oxygen atoms in total. The minimum Gasteiger partial charge on any atom is -0.228 e. The van der Waals surface area contributed by atoms with Crippen molar-refractivity contribution >= 4 is 31.5 Å². The molecule has 1 atom stereocenters. The molecule has 0 N–H and O–H groups in total. The summed E-state index contributed by atoms with van der Waals surface area (Å²) in [5, 5.41) is 2.50. The van der Waals surface area contributed by atoms with E-state index in [0.29, 0.717) is 0 Å². The predicted octanol–water partition coefficient (Wildman–Crippen LogP) is 12.8. The van der Waals surface area contributed by atoms with Gasteiger partial charge < -0.3 is 0 Å². The number of rotatable bonds is 5. The number of fused-ring (bicyclic) bond motifs is 6. The molecule has 0 amide bonds. The van der Waals surface area contributed by atoms with Crippen LogP contribution in [-0.2, 0) is 5.41 Å². The number of thiophene rings is 1. The normalized spacial score (nSPS) is 14.8. The Morgan fingerprint density at radius 3 is 1.84 bits per heavy atom. The number of nitrogens with zero attached hydrogens (tertiary/aromatic N) is 2. The van der Waals surface area contributed by atoms with Gasteiger partial charge in [0.15, 0.2) is 5.82 Å². The summed E-state index contributed by atoms with van der Waals surface area (Å²) in [6.45, 7) is 2.38. The maximum atomic E-state index is 5.32. The minimum absolute atomic E-state index is 0.275. The molecule has 51 heavy (non-hydrogen) atoms. The predicted molar refractivity (Wildman–Crippen MR) is 214 cm³/mol. The van der Waals surface area contributed by atoms with Crippen molar-refractivity contribution in [1.82, 2.24) is 9.97 Å². The molecule has 2 heterocycles. The Bertz CT molecular complexity index is 2760. The lowest BCUT2D eigenvalue weighted by atomic mass is 9.74. The summed E-state index contributed by atoms with van der Waals surface area (Å²) < 4.78 is 2.54. The van der Waals surface area contributed by atoms with Gasteiger partial charge in [0.25, 0.3) is 0 Å². The maximum absolute atomic E-state index is 5.32. The van der Waals surface area contributed by atoms with Gasteiger partial charge in [0.1, 0.15) is 0 Å². The van der Waals surface area contributed by atoms with Gasteiger partial charge in [-0.05, 0) is 64.1 Å². The summed E-state index contributed by atoms with van der Waals surface area (Å²) in [7, 11) is 0. The van der Waals surface area contributed by atoms with Gasteiger partial charge in [0.2, 0.25) is 0 Å². The molecule has 9 aromatic rings.